The van der Waals surface area contributed by atoms with Crippen LogP contribution in [0, 0.1) is 13.8 Å². The van der Waals surface area contributed by atoms with Crippen molar-refractivity contribution >= 4 is 11.0 Å². The van der Waals surface area contributed by atoms with Gasteiger partial charge in [0.2, 0.25) is 5.75 Å². The van der Waals surface area contributed by atoms with Crippen LogP contribution in [0.15, 0.2) is 21.3 Å². The Labute approximate surface area is 92.1 Å². The third kappa shape index (κ3) is 1.34. The molecular formula is C12H12O4. The van der Waals surface area contributed by atoms with E-state index in [1.807, 2.05) is 6.92 Å². The van der Waals surface area contributed by atoms with Crippen LogP contribution in [0.3, 0.4) is 0 Å². The number of fused-ring (bicyclic) bond motifs is 1. The van der Waals surface area contributed by atoms with Crippen LogP contribution in [0.25, 0.3) is 11.0 Å². The Bertz CT molecular complexity index is 610. The highest BCUT2D eigenvalue weighted by Crippen LogP contribution is 2.35. The number of methoxy groups -OCH3 is 1. The second-order valence-corrected chi connectivity index (χ2v) is 3.63. The predicted octanol–water partition coefficient (Wildman–Crippen LogP) is 2.12. The first-order chi connectivity index (χ1) is 7.56. The number of phenols is 1. The predicted molar refractivity (Wildman–Crippen MR) is 60.2 cm³/mol. The number of aryl methyl sites for hydroxylation is 1. The standard InChI is InChI=1S/C12H12O4/c1-6-7(2)12(14)16-11-8(6)4-5-9(15-3)10(11)13/h4-5,13H,1-3H3. The van der Waals surface area contributed by atoms with Crippen LogP contribution >= 0.6 is 0 Å². The van der Waals surface area contributed by atoms with Gasteiger partial charge < -0.3 is 14.3 Å². The smallest absolute Gasteiger partial charge is 0.339 e. The van der Waals surface area contributed by atoms with E-state index < -0.39 is 5.63 Å². The number of hydrogen-bond donors (Lipinski definition) is 1. The molecule has 0 aliphatic carbocycles. The molecule has 4 nitrogen and oxygen atoms in total. The second kappa shape index (κ2) is 3.56. The molecule has 2 aromatic rings. The zero-order valence-electron chi connectivity index (χ0n) is 9.33. The summed E-state index contributed by atoms with van der Waals surface area (Å²) < 4.78 is 10.0. The van der Waals surface area contributed by atoms with E-state index in [4.69, 9.17) is 9.15 Å². The van der Waals surface area contributed by atoms with Crippen molar-refractivity contribution in [1.29, 1.82) is 0 Å². The summed E-state index contributed by atoms with van der Waals surface area (Å²) in [5.74, 6) is 0.152. The van der Waals surface area contributed by atoms with E-state index >= 15 is 0 Å². The number of benzene rings is 1. The van der Waals surface area contributed by atoms with Crippen molar-refractivity contribution < 1.29 is 14.3 Å². The largest absolute Gasteiger partial charge is 0.502 e. The maximum absolute atomic E-state index is 11.5. The van der Waals surface area contributed by atoms with Gasteiger partial charge in [-0.2, -0.15) is 0 Å². The minimum Gasteiger partial charge on any atom is -0.502 e. The van der Waals surface area contributed by atoms with Crippen molar-refractivity contribution in [1.82, 2.24) is 0 Å². The summed E-state index contributed by atoms with van der Waals surface area (Å²) in [5.41, 5.74) is 1.10. The van der Waals surface area contributed by atoms with Gasteiger partial charge in [0.15, 0.2) is 11.3 Å². The third-order valence-electron chi connectivity index (χ3n) is 2.78. The van der Waals surface area contributed by atoms with E-state index in [2.05, 4.69) is 0 Å². The van der Waals surface area contributed by atoms with Crippen LogP contribution in [0.5, 0.6) is 11.5 Å². The van der Waals surface area contributed by atoms with Gasteiger partial charge in [0.1, 0.15) is 0 Å². The summed E-state index contributed by atoms with van der Waals surface area (Å²) in [7, 11) is 1.44. The molecule has 84 valence electrons. The lowest BCUT2D eigenvalue weighted by molar-refractivity contribution is 0.370. The Balaban J connectivity index is 2.96. The molecule has 0 aliphatic rings. The lowest BCUT2D eigenvalue weighted by Gasteiger charge is -2.08. The van der Waals surface area contributed by atoms with Gasteiger partial charge in [-0.25, -0.2) is 4.79 Å². The van der Waals surface area contributed by atoms with Crippen LogP contribution in [0.4, 0.5) is 0 Å². The number of hydrogen-bond acceptors (Lipinski definition) is 4. The summed E-state index contributed by atoms with van der Waals surface area (Å²) in [6.07, 6.45) is 0. The molecule has 1 aromatic heterocycles. The summed E-state index contributed by atoms with van der Waals surface area (Å²) in [6.45, 7) is 3.52. The fourth-order valence-corrected chi connectivity index (χ4v) is 1.64. The minimum atomic E-state index is -0.437. The molecule has 0 radical (unpaired) electrons. The van der Waals surface area contributed by atoms with Crippen LogP contribution in [-0.4, -0.2) is 12.2 Å². The maximum atomic E-state index is 11.5. The van der Waals surface area contributed by atoms with Gasteiger partial charge in [0.05, 0.1) is 7.11 Å². The number of phenolic OH excluding ortho intramolecular Hbond substituents is 1. The summed E-state index contributed by atoms with van der Waals surface area (Å²) in [6, 6.07) is 3.41. The lowest BCUT2D eigenvalue weighted by atomic mass is 10.1. The van der Waals surface area contributed by atoms with Gasteiger partial charge >= 0.3 is 5.63 Å². The maximum Gasteiger partial charge on any atom is 0.339 e. The average Bonchev–Trinajstić information content (AvgIpc) is 2.28. The fourth-order valence-electron chi connectivity index (χ4n) is 1.64. The number of ether oxygens (including phenoxy) is 1. The van der Waals surface area contributed by atoms with Gasteiger partial charge in [0.25, 0.3) is 0 Å². The van der Waals surface area contributed by atoms with E-state index in [1.54, 1.807) is 19.1 Å². The Morgan fingerprint density at radius 2 is 1.94 bits per heavy atom. The normalized spacial score (nSPS) is 10.7. The van der Waals surface area contributed by atoms with Crippen LogP contribution in [-0.2, 0) is 0 Å². The van der Waals surface area contributed by atoms with E-state index in [0.29, 0.717) is 11.3 Å². The molecule has 0 aliphatic heterocycles. The van der Waals surface area contributed by atoms with Gasteiger partial charge in [-0.1, -0.05) is 0 Å². The van der Waals surface area contributed by atoms with E-state index in [1.165, 1.54) is 7.11 Å². The molecule has 16 heavy (non-hydrogen) atoms. The van der Waals surface area contributed by atoms with Crippen LogP contribution < -0.4 is 10.4 Å². The van der Waals surface area contributed by atoms with Crippen molar-refractivity contribution in [3.05, 3.63) is 33.7 Å². The zero-order valence-corrected chi connectivity index (χ0v) is 9.33. The van der Waals surface area contributed by atoms with E-state index in [0.717, 1.165) is 10.9 Å². The third-order valence-corrected chi connectivity index (χ3v) is 2.78. The lowest BCUT2D eigenvalue weighted by Crippen LogP contribution is -2.05. The highest BCUT2D eigenvalue weighted by atomic mass is 16.5. The molecule has 0 saturated heterocycles. The molecule has 0 atom stereocenters. The first-order valence-corrected chi connectivity index (χ1v) is 4.86. The van der Waals surface area contributed by atoms with Gasteiger partial charge in [-0.3, -0.25) is 0 Å². The minimum absolute atomic E-state index is 0.139. The van der Waals surface area contributed by atoms with Crippen molar-refractivity contribution in [2.75, 3.05) is 7.11 Å². The molecule has 2 rings (SSSR count). The molecule has 1 N–H and O–H groups in total. The van der Waals surface area contributed by atoms with E-state index in [-0.39, 0.29) is 11.3 Å². The molecule has 0 saturated carbocycles. The van der Waals surface area contributed by atoms with Gasteiger partial charge in [-0.05, 0) is 31.5 Å². The quantitative estimate of drug-likeness (QED) is 0.748. The molecule has 0 unspecified atom stereocenters. The zero-order chi connectivity index (χ0) is 11.9. The van der Waals surface area contributed by atoms with Crippen molar-refractivity contribution in [3.63, 3.8) is 0 Å². The van der Waals surface area contributed by atoms with Gasteiger partial charge in [0, 0.05) is 10.9 Å². The SMILES string of the molecule is COc1ccc2c(C)c(C)c(=O)oc2c1O. The molecule has 4 heteroatoms. The van der Waals surface area contributed by atoms with E-state index in [9.17, 15) is 9.90 Å². The van der Waals surface area contributed by atoms with Crippen LogP contribution in [0.2, 0.25) is 0 Å². The van der Waals surface area contributed by atoms with Crippen molar-refractivity contribution in [2.45, 2.75) is 13.8 Å². The Kier molecular flexibility index (Phi) is 2.34. The molecule has 0 bridgehead atoms. The number of aromatic hydroxyl groups is 1. The summed E-state index contributed by atoms with van der Waals surface area (Å²) in [5, 5.41) is 10.5. The second-order valence-electron chi connectivity index (χ2n) is 3.63. The highest BCUT2D eigenvalue weighted by Gasteiger charge is 2.13. The molecule has 1 heterocycles. The first-order valence-electron chi connectivity index (χ1n) is 4.86. The first kappa shape index (κ1) is 10.5. The fraction of sp³-hybridized carbons (Fsp3) is 0.250. The Morgan fingerprint density at radius 3 is 2.56 bits per heavy atom. The topological polar surface area (TPSA) is 59.7 Å². The van der Waals surface area contributed by atoms with Crippen LogP contribution in [0.1, 0.15) is 11.1 Å². The summed E-state index contributed by atoms with van der Waals surface area (Å²) >= 11 is 0. The van der Waals surface area contributed by atoms with Gasteiger partial charge in [-0.15, -0.1) is 0 Å². The monoisotopic (exact) mass is 220 g/mol. The Hall–Kier alpha value is -1.97. The molecule has 1 aromatic carbocycles. The average molecular weight is 220 g/mol. The number of rotatable bonds is 1. The Morgan fingerprint density at radius 1 is 1.25 bits per heavy atom. The molecule has 0 spiro atoms. The van der Waals surface area contributed by atoms with Crippen molar-refractivity contribution in [3.8, 4) is 11.5 Å². The molecule has 0 amide bonds. The molecule has 0 fully saturated rings. The van der Waals surface area contributed by atoms with Crippen molar-refractivity contribution in [2.24, 2.45) is 0 Å². The summed E-state index contributed by atoms with van der Waals surface area (Å²) in [4.78, 5) is 11.5. The highest BCUT2D eigenvalue weighted by molar-refractivity contribution is 5.88. The molecular weight excluding hydrogens is 208 g/mol.